The standard InChI is InChI=1S/C21H19FN4O2/c1-12-3-9-16(10-4-12)23-21(28)17-11-18(27)24-20-13(2)19(25-26(17)20)14-5-7-15(22)8-6-14/h3-10,17H,11H2,1-2H3,(H,23,28)(H,24,27)/t17-/m0/s1. The maximum absolute atomic E-state index is 13.2. The third-order valence-corrected chi connectivity index (χ3v) is 4.82. The van der Waals surface area contributed by atoms with Gasteiger partial charge < -0.3 is 10.6 Å². The minimum atomic E-state index is -0.766. The highest BCUT2D eigenvalue weighted by Crippen LogP contribution is 2.34. The number of halogens is 1. The summed E-state index contributed by atoms with van der Waals surface area (Å²) in [5.41, 5.74) is 3.79. The number of nitrogens with one attached hydrogen (secondary N) is 2. The smallest absolute Gasteiger partial charge is 0.249 e. The van der Waals surface area contributed by atoms with Crippen LogP contribution in [-0.4, -0.2) is 21.6 Å². The van der Waals surface area contributed by atoms with Crippen LogP contribution in [0.2, 0.25) is 0 Å². The second-order valence-corrected chi connectivity index (χ2v) is 6.90. The van der Waals surface area contributed by atoms with Gasteiger partial charge in [-0.2, -0.15) is 5.10 Å². The quantitative estimate of drug-likeness (QED) is 0.727. The maximum Gasteiger partial charge on any atom is 0.249 e. The molecule has 4 rings (SSSR count). The molecule has 2 aromatic carbocycles. The highest BCUT2D eigenvalue weighted by Gasteiger charge is 2.34. The van der Waals surface area contributed by atoms with E-state index >= 15 is 0 Å². The van der Waals surface area contributed by atoms with Gasteiger partial charge in [0.15, 0.2) is 0 Å². The second-order valence-electron chi connectivity index (χ2n) is 6.90. The number of aryl methyl sites for hydroxylation is 1. The number of hydrogen-bond acceptors (Lipinski definition) is 3. The molecule has 0 saturated heterocycles. The fourth-order valence-electron chi connectivity index (χ4n) is 3.29. The van der Waals surface area contributed by atoms with Crippen LogP contribution in [0.5, 0.6) is 0 Å². The number of nitrogens with zero attached hydrogens (tertiary/aromatic N) is 2. The summed E-state index contributed by atoms with van der Waals surface area (Å²) >= 11 is 0. The van der Waals surface area contributed by atoms with E-state index in [1.807, 2.05) is 38.1 Å². The number of fused-ring (bicyclic) bond motifs is 1. The number of carbonyl (C=O) groups excluding carboxylic acids is 2. The summed E-state index contributed by atoms with van der Waals surface area (Å²) in [5, 5.41) is 10.2. The van der Waals surface area contributed by atoms with E-state index in [1.54, 1.807) is 16.8 Å². The van der Waals surface area contributed by atoms with E-state index in [2.05, 4.69) is 15.7 Å². The average molecular weight is 378 g/mol. The van der Waals surface area contributed by atoms with Crippen LogP contribution in [0.4, 0.5) is 15.9 Å². The van der Waals surface area contributed by atoms with Crippen LogP contribution in [0.15, 0.2) is 48.5 Å². The van der Waals surface area contributed by atoms with Gasteiger partial charge in [0, 0.05) is 16.8 Å². The largest absolute Gasteiger partial charge is 0.324 e. The zero-order chi connectivity index (χ0) is 19.8. The first-order valence-electron chi connectivity index (χ1n) is 8.95. The van der Waals surface area contributed by atoms with E-state index < -0.39 is 6.04 Å². The lowest BCUT2D eigenvalue weighted by atomic mass is 10.1. The fourth-order valence-corrected chi connectivity index (χ4v) is 3.29. The Hall–Kier alpha value is -3.48. The van der Waals surface area contributed by atoms with Gasteiger partial charge in [-0.15, -0.1) is 0 Å². The van der Waals surface area contributed by atoms with E-state index in [-0.39, 0.29) is 24.1 Å². The van der Waals surface area contributed by atoms with Crippen molar-refractivity contribution in [2.24, 2.45) is 0 Å². The van der Waals surface area contributed by atoms with Crippen LogP contribution >= 0.6 is 0 Å². The maximum atomic E-state index is 13.2. The topological polar surface area (TPSA) is 76.0 Å². The molecule has 2 heterocycles. The molecule has 0 radical (unpaired) electrons. The third-order valence-electron chi connectivity index (χ3n) is 4.82. The van der Waals surface area contributed by atoms with Gasteiger partial charge in [0.05, 0.1) is 12.1 Å². The molecule has 2 N–H and O–H groups in total. The predicted molar refractivity (Wildman–Crippen MR) is 104 cm³/mol. The molecule has 0 bridgehead atoms. The number of aromatic nitrogens is 2. The first-order chi connectivity index (χ1) is 13.4. The monoisotopic (exact) mass is 378 g/mol. The summed E-state index contributed by atoms with van der Waals surface area (Å²) in [4.78, 5) is 25.1. The molecule has 1 aliphatic heterocycles. The van der Waals surface area contributed by atoms with Crippen LogP contribution in [0.1, 0.15) is 23.6 Å². The molecule has 6 nitrogen and oxygen atoms in total. The second kappa shape index (κ2) is 6.92. The molecule has 0 spiro atoms. The molecule has 0 saturated carbocycles. The van der Waals surface area contributed by atoms with Crippen molar-refractivity contribution >= 4 is 23.3 Å². The SMILES string of the molecule is Cc1ccc(NC(=O)[C@@H]2CC(=O)Nc3c(C)c(-c4ccc(F)cc4)nn32)cc1. The summed E-state index contributed by atoms with van der Waals surface area (Å²) < 4.78 is 14.8. The number of carbonyl (C=O) groups is 2. The van der Waals surface area contributed by atoms with Gasteiger partial charge in [-0.05, 0) is 50.2 Å². The molecule has 2 amide bonds. The Morgan fingerprint density at radius 3 is 2.50 bits per heavy atom. The van der Waals surface area contributed by atoms with E-state index in [9.17, 15) is 14.0 Å². The summed E-state index contributed by atoms with van der Waals surface area (Å²) in [5.74, 6) is -0.410. The van der Waals surface area contributed by atoms with E-state index in [0.717, 1.165) is 11.1 Å². The molecule has 1 atom stereocenters. The number of amides is 2. The van der Waals surface area contributed by atoms with E-state index in [0.29, 0.717) is 22.8 Å². The minimum Gasteiger partial charge on any atom is -0.324 e. The van der Waals surface area contributed by atoms with Crippen molar-refractivity contribution in [3.63, 3.8) is 0 Å². The zero-order valence-electron chi connectivity index (χ0n) is 15.5. The molecule has 0 aliphatic carbocycles. The Morgan fingerprint density at radius 1 is 1.14 bits per heavy atom. The summed E-state index contributed by atoms with van der Waals surface area (Å²) in [7, 11) is 0. The van der Waals surface area contributed by atoms with Gasteiger partial charge in [-0.3, -0.25) is 9.59 Å². The molecule has 1 aromatic heterocycles. The Morgan fingerprint density at radius 2 is 1.82 bits per heavy atom. The lowest BCUT2D eigenvalue weighted by molar-refractivity contribution is -0.125. The molecule has 28 heavy (non-hydrogen) atoms. The minimum absolute atomic E-state index is 0.00529. The van der Waals surface area contributed by atoms with Crippen LogP contribution in [0, 0.1) is 19.7 Å². The predicted octanol–water partition coefficient (Wildman–Crippen LogP) is 3.83. The molecule has 0 fully saturated rings. The Kier molecular flexibility index (Phi) is 4.43. The van der Waals surface area contributed by atoms with Gasteiger partial charge in [0.2, 0.25) is 11.8 Å². The van der Waals surface area contributed by atoms with Crippen molar-refractivity contribution in [1.29, 1.82) is 0 Å². The van der Waals surface area contributed by atoms with Crippen LogP contribution < -0.4 is 10.6 Å². The Labute approximate surface area is 161 Å². The summed E-state index contributed by atoms with van der Waals surface area (Å²) in [6.45, 7) is 3.78. The summed E-state index contributed by atoms with van der Waals surface area (Å²) in [6, 6.07) is 12.6. The normalized spacial score (nSPS) is 15.7. The number of anilines is 2. The van der Waals surface area contributed by atoms with E-state index in [1.165, 1.54) is 12.1 Å². The molecule has 3 aromatic rings. The lowest BCUT2D eigenvalue weighted by Gasteiger charge is -2.24. The molecule has 142 valence electrons. The molecular formula is C21H19FN4O2. The zero-order valence-corrected chi connectivity index (χ0v) is 15.5. The van der Waals surface area contributed by atoms with Gasteiger partial charge in [0.25, 0.3) is 0 Å². The molecule has 0 unspecified atom stereocenters. The van der Waals surface area contributed by atoms with Gasteiger partial charge in [0.1, 0.15) is 17.7 Å². The van der Waals surface area contributed by atoms with Gasteiger partial charge in [-0.1, -0.05) is 17.7 Å². The first kappa shape index (κ1) is 17.9. The van der Waals surface area contributed by atoms with Crippen LogP contribution in [0.25, 0.3) is 11.3 Å². The van der Waals surface area contributed by atoms with Crippen molar-refractivity contribution in [2.75, 3.05) is 10.6 Å². The number of benzene rings is 2. The fraction of sp³-hybridized carbons (Fsp3) is 0.190. The molecule has 7 heteroatoms. The number of rotatable bonds is 3. The highest BCUT2D eigenvalue weighted by molar-refractivity contribution is 6.02. The van der Waals surface area contributed by atoms with Crippen molar-refractivity contribution in [3.05, 3.63) is 65.5 Å². The third kappa shape index (κ3) is 3.26. The van der Waals surface area contributed by atoms with Crippen molar-refractivity contribution < 1.29 is 14.0 Å². The lowest BCUT2D eigenvalue weighted by Crippen LogP contribution is -2.35. The summed E-state index contributed by atoms with van der Waals surface area (Å²) in [6.07, 6.45) is -0.00529. The Balaban J connectivity index is 1.69. The average Bonchev–Trinajstić information content (AvgIpc) is 3.00. The van der Waals surface area contributed by atoms with Gasteiger partial charge in [-0.25, -0.2) is 9.07 Å². The first-order valence-corrected chi connectivity index (χ1v) is 8.95. The van der Waals surface area contributed by atoms with Crippen molar-refractivity contribution in [1.82, 2.24) is 9.78 Å². The van der Waals surface area contributed by atoms with Crippen molar-refractivity contribution in [3.8, 4) is 11.3 Å². The molecular weight excluding hydrogens is 359 g/mol. The molecule has 1 aliphatic rings. The Bertz CT molecular complexity index is 1060. The highest BCUT2D eigenvalue weighted by atomic mass is 19.1. The van der Waals surface area contributed by atoms with E-state index in [4.69, 9.17) is 0 Å². The van der Waals surface area contributed by atoms with Gasteiger partial charge >= 0.3 is 0 Å². The van der Waals surface area contributed by atoms with Crippen LogP contribution in [-0.2, 0) is 9.59 Å². The number of hydrogen-bond donors (Lipinski definition) is 2. The van der Waals surface area contributed by atoms with Crippen molar-refractivity contribution in [2.45, 2.75) is 26.3 Å². The van der Waals surface area contributed by atoms with Crippen LogP contribution in [0.3, 0.4) is 0 Å².